The highest BCUT2D eigenvalue weighted by Gasteiger charge is 2.17. The molecule has 0 aliphatic heterocycles. The normalized spacial score (nSPS) is 11.2. The maximum Gasteiger partial charge on any atom is 0.142 e. The molecule has 2 heterocycles. The first kappa shape index (κ1) is 13.6. The van der Waals surface area contributed by atoms with Gasteiger partial charge in [-0.25, -0.2) is 4.39 Å². The minimum Gasteiger partial charge on any atom is -0.354 e. The summed E-state index contributed by atoms with van der Waals surface area (Å²) in [6.07, 6.45) is 0. The van der Waals surface area contributed by atoms with Crippen molar-refractivity contribution in [2.45, 2.75) is 0 Å². The van der Waals surface area contributed by atoms with Crippen molar-refractivity contribution in [2.24, 2.45) is 0 Å². The highest BCUT2D eigenvalue weighted by molar-refractivity contribution is 7.13. The molecule has 0 saturated carbocycles. The van der Waals surface area contributed by atoms with Crippen molar-refractivity contribution in [1.82, 2.24) is 4.98 Å². The Hall–Kier alpha value is -2.10. The first-order valence-corrected chi connectivity index (χ1v) is 8.10. The molecule has 0 atom stereocenters. The lowest BCUT2D eigenvalue weighted by Crippen LogP contribution is -1.80. The molecule has 22 heavy (non-hydrogen) atoms. The predicted molar refractivity (Wildman–Crippen MR) is 92.0 cm³/mol. The fourth-order valence-corrected chi connectivity index (χ4v) is 3.64. The van der Waals surface area contributed by atoms with E-state index in [1.54, 1.807) is 17.4 Å². The Morgan fingerprint density at radius 2 is 1.82 bits per heavy atom. The first-order chi connectivity index (χ1) is 10.7. The van der Waals surface area contributed by atoms with Gasteiger partial charge in [-0.1, -0.05) is 48.0 Å². The second kappa shape index (κ2) is 5.27. The number of hydrogen-bond acceptors (Lipinski definition) is 1. The van der Waals surface area contributed by atoms with Crippen LogP contribution in [0.4, 0.5) is 4.39 Å². The summed E-state index contributed by atoms with van der Waals surface area (Å²) in [6.45, 7) is 0. The van der Waals surface area contributed by atoms with E-state index in [1.165, 1.54) is 6.07 Å². The summed E-state index contributed by atoms with van der Waals surface area (Å²) < 4.78 is 13.9. The van der Waals surface area contributed by atoms with E-state index >= 15 is 0 Å². The minimum atomic E-state index is -0.398. The number of aromatic amines is 1. The third-order valence-corrected chi connectivity index (χ3v) is 4.85. The molecule has 4 heteroatoms. The minimum absolute atomic E-state index is 0.131. The molecule has 0 radical (unpaired) electrons. The van der Waals surface area contributed by atoms with Crippen LogP contribution < -0.4 is 0 Å². The summed E-state index contributed by atoms with van der Waals surface area (Å²) in [5, 5.41) is 3.00. The van der Waals surface area contributed by atoms with E-state index in [0.717, 1.165) is 32.6 Å². The van der Waals surface area contributed by atoms with Gasteiger partial charge in [0.1, 0.15) is 5.82 Å². The largest absolute Gasteiger partial charge is 0.354 e. The fraction of sp³-hybridized carbons (Fsp3) is 0. The van der Waals surface area contributed by atoms with E-state index in [-0.39, 0.29) is 5.02 Å². The Balaban J connectivity index is 2.10. The van der Waals surface area contributed by atoms with Crippen molar-refractivity contribution in [3.63, 3.8) is 0 Å². The number of fused-ring (bicyclic) bond motifs is 1. The zero-order valence-electron chi connectivity index (χ0n) is 11.4. The highest BCUT2D eigenvalue weighted by atomic mass is 35.5. The molecule has 0 fully saturated rings. The third kappa shape index (κ3) is 2.14. The lowest BCUT2D eigenvalue weighted by atomic mass is 10.0. The van der Waals surface area contributed by atoms with Gasteiger partial charge in [0.2, 0.25) is 0 Å². The smallest absolute Gasteiger partial charge is 0.142 e. The highest BCUT2D eigenvalue weighted by Crippen LogP contribution is 2.41. The van der Waals surface area contributed by atoms with Crippen LogP contribution in [0.1, 0.15) is 0 Å². The maximum atomic E-state index is 13.9. The van der Waals surface area contributed by atoms with Gasteiger partial charge in [0.05, 0.1) is 10.7 Å². The fourth-order valence-electron chi connectivity index (χ4n) is 2.69. The van der Waals surface area contributed by atoms with Crippen LogP contribution in [0.25, 0.3) is 32.6 Å². The molecular weight excluding hydrogens is 317 g/mol. The van der Waals surface area contributed by atoms with Crippen LogP contribution in [-0.2, 0) is 0 Å². The number of hydrogen-bond donors (Lipinski definition) is 1. The van der Waals surface area contributed by atoms with Gasteiger partial charge in [0.15, 0.2) is 0 Å². The molecule has 1 nitrogen and oxygen atoms in total. The molecule has 108 valence electrons. The molecule has 0 saturated heterocycles. The number of halogens is 2. The molecule has 1 N–H and O–H groups in total. The quantitative estimate of drug-likeness (QED) is 0.441. The molecule has 4 aromatic rings. The number of thiophene rings is 1. The third-order valence-electron chi connectivity index (χ3n) is 3.67. The molecule has 0 spiro atoms. The van der Waals surface area contributed by atoms with E-state index in [2.05, 4.69) is 4.98 Å². The topological polar surface area (TPSA) is 15.8 Å². The second-order valence-corrected chi connectivity index (χ2v) is 6.39. The monoisotopic (exact) mass is 327 g/mol. The number of benzene rings is 2. The standard InChI is InChI=1S/C18H11ClFNS/c19-13-10-15-12(9-14(13)20)17(16-7-4-8-22-16)18(21-15)11-5-2-1-3-6-11/h1-10,21H. The van der Waals surface area contributed by atoms with Crippen molar-refractivity contribution >= 4 is 33.8 Å². The van der Waals surface area contributed by atoms with Gasteiger partial charge >= 0.3 is 0 Å². The number of nitrogens with one attached hydrogen (secondary N) is 1. The van der Waals surface area contributed by atoms with Crippen LogP contribution >= 0.6 is 22.9 Å². The van der Waals surface area contributed by atoms with Crippen LogP contribution in [0.2, 0.25) is 5.02 Å². The Bertz CT molecular complexity index is 942. The molecule has 4 rings (SSSR count). The van der Waals surface area contributed by atoms with Crippen LogP contribution in [-0.4, -0.2) is 4.98 Å². The van der Waals surface area contributed by atoms with E-state index in [0.29, 0.717) is 0 Å². The van der Waals surface area contributed by atoms with E-state index in [9.17, 15) is 4.39 Å². The average molecular weight is 328 g/mol. The van der Waals surface area contributed by atoms with E-state index < -0.39 is 5.82 Å². The second-order valence-electron chi connectivity index (χ2n) is 5.03. The molecule has 0 bridgehead atoms. The molecule has 2 aromatic carbocycles. The van der Waals surface area contributed by atoms with Gasteiger partial charge < -0.3 is 4.98 Å². The zero-order chi connectivity index (χ0) is 15.1. The Morgan fingerprint density at radius 1 is 1.00 bits per heavy atom. The molecule has 0 unspecified atom stereocenters. The van der Waals surface area contributed by atoms with Crippen molar-refractivity contribution in [3.05, 3.63) is 70.8 Å². The van der Waals surface area contributed by atoms with Crippen LogP contribution in [0, 0.1) is 5.82 Å². The van der Waals surface area contributed by atoms with Crippen molar-refractivity contribution < 1.29 is 4.39 Å². The molecule has 2 aromatic heterocycles. The van der Waals surface area contributed by atoms with Gasteiger partial charge in [-0.05, 0) is 29.1 Å². The summed E-state index contributed by atoms with van der Waals surface area (Å²) in [7, 11) is 0. The Labute approximate surface area is 136 Å². The maximum absolute atomic E-state index is 13.9. The number of rotatable bonds is 2. The predicted octanol–water partition coefficient (Wildman–Crippen LogP) is 6.36. The van der Waals surface area contributed by atoms with E-state index in [1.807, 2.05) is 47.8 Å². The first-order valence-electron chi connectivity index (χ1n) is 6.84. The van der Waals surface area contributed by atoms with Gasteiger partial charge in [-0.3, -0.25) is 0 Å². The number of aromatic nitrogens is 1. The lowest BCUT2D eigenvalue weighted by Gasteiger charge is -2.03. The molecule has 0 amide bonds. The van der Waals surface area contributed by atoms with Crippen molar-refractivity contribution in [3.8, 4) is 21.7 Å². The summed E-state index contributed by atoms with van der Waals surface area (Å²) in [6, 6.07) is 17.3. The summed E-state index contributed by atoms with van der Waals surface area (Å²) >= 11 is 7.57. The van der Waals surface area contributed by atoms with Gasteiger partial charge in [-0.2, -0.15) is 0 Å². The molecular formula is C18H11ClFNS. The van der Waals surface area contributed by atoms with Gasteiger partial charge in [0, 0.05) is 21.3 Å². The Morgan fingerprint density at radius 3 is 2.55 bits per heavy atom. The van der Waals surface area contributed by atoms with Crippen LogP contribution in [0.5, 0.6) is 0 Å². The summed E-state index contributed by atoms with van der Waals surface area (Å²) in [5.41, 5.74) is 3.92. The van der Waals surface area contributed by atoms with Gasteiger partial charge in [-0.15, -0.1) is 11.3 Å². The van der Waals surface area contributed by atoms with E-state index in [4.69, 9.17) is 11.6 Å². The van der Waals surface area contributed by atoms with Crippen LogP contribution in [0.3, 0.4) is 0 Å². The van der Waals surface area contributed by atoms with Crippen molar-refractivity contribution in [2.75, 3.05) is 0 Å². The SMILES string of the molecule is Fc1cc2c(-c3cccs3)c(-c3ccccc3)[nH]c2cc1Cl. The summed E-state index contributed by atoms with van der Waals surface area (Å²) in [5.74, 6) is -0.398. The summed E-state index contributed by atoms with van der Waals surface area (Å²) in [4.78, 5) is 4.50. The molecule has 0 aliphatic rings. The lowest BCUT2D eigenvalue weighted by molar-refractivity contribution is 0.630. The zero-order valence-corrected chi connectivity index (χ0v) is 13.0. The Kier molecular flexibility index (Phi) is 3.25. The molecule has 0 aliphatic carbocycles. The van der Waals surface area contributed by atoms with Crippen molar-refractivity contribution in [1.29, 1.82) is 0 Å². The average Bonchev–Trinajstić information content (AvgIpc) is 3.16. The van der Waals surface area contributed by atoms with Crippen LogP contribution in [0.15, 0.2) is 60.0 Å². The number of H-pyrrole nitrogens is 1. The van der Waals surface area contributed by atoms with Gasteiger partial charge in [0.25, 0.3) is 0 Å².